The van der Waals surface area contributed by atoms with Gasteiger partial charge >= 0.3 is 0 Å². The van der Waals surface area contributed by atoms with Crippen molar-refractivity contribution in [2.75, 3.05) is 0 Å². The quantitative estimate of drug-likeness (QED) is 0.906. The number of benzene rings is 1. The standard InChI is InChI=1S/C11H8BrNO2/c12-8-2-1-3-10(6-8)15-11-5-4-9(14)7-13-11/h1-7,14H. The Kier molecular flexibility index (Phi) is 2.87. The van der Waals surface area contributed by atoms with E-state index < -0.39 is 0 Å². The molecule has 0 bridgehead atoms. The molecule has 1 heterocycles. The van der Waals surface area contributed by atoms with E-state index in [1.54, 1.807) is 6.07 Å². The van der Waals surface area contributed by atoms with Gasteiger partial charge in [0.2, 0.25) is 5.88 Å². The molecule has 76 valence electrons. The smallest absolute Gasteiger partial charge is 0.219 e. The average molecular weight is 266 g/mol. The van der Waals surface area contributed by atoms with Gasteiger partial charge < -0.3 is 9.84 Å². The van der Waals surface area contributed by atoms with Crippen LogP contribution in [0, 0.1) is 0 Å². The van der Waals surface area contributed by atoms with Gasteiger partial charge in [-0.05, 0) is 24.3 Å². The van der Waals surface area contributed by atoms with Gasteiger partial charge in [-0.15, -0.1) is 0 Å². The van der Waals surface area contributed by atoms with Crippen LogP contribution in [0.4, 0.5) is 0 Å². The maximum absolute atomic E-state index is 9.04. The van der Waals surface area contributed by atoms with Crippen LogP contribution < -0.4 is 4.74 Å². The minimum absolute atomic E-state index is 0.122. The molecule has 0 aliphatic rings. The summed E-state index contributed by atoms with van der Waals surface area (Å²) in [7, 11) is 0. The van der Waals surface area contributed by atoms with Gasteiger partial charge in [-0.1, -0.05) is 22.0 Å². The summed E-state index contributed by atoms with van der Waals surface area (Å²) in [6.45, 7) is 0. The molecule has 0 fully saturated rings. The van der Waals surface area contributed by atoms with Gasteiger partial charge in [0.1, 0.15) is 11.5 Å². The number of aromatic hydroxyl groups is 1. The van der Waals surface area contributed by atoms with Gasteiger partial charge in [0.05, 0.1) is 6.20 Å². The zero-order chi connectivity index (χ0) is 10.7. The molecule has 15 heavy (non-hydrogen) atoms. The van der Waals surface area contributed by atoms with Crippen molar-refractivity contribution in [1.29, 1.82) is 0 Å². The normalized spacial score (nSPS) is 9.93. The third-order valence-electron chi connectivity index (χ3n) is 1.74. The van der Waals surface area contributed by atoms with Crippen LogP contribution in [0.15, 0.2) is 47.1 Å². The summed E-state index contributed by atoms with van der Waals surface area (Å²) >= 11 is 3.35. The van der Waals surface area contributed by atoms with Crippen molar-refractivity contribution >= 4 is 15.9 Å². The van der Waals surface area contributed by atoms with Gasteiger partial charge in [-0.2, -0.15) is 0 Å². The number of rotatable bonds is 2. The molecule has 1 N–H and O–H groups in total. The third kappa shape index (κ3) is 2.70. The van der Waals surface area contributed by atoms with Crippen molar-refractivity contribution in [3.8, 4) is 17.4 Å². The SMILES string of the molecule is Oc1ccc(Oc2cccc(Br)c2)nc1. The summed E-state index contributed by atoms with van der Waals surface area (Å²) in [5.41, 5.74) is 0. The van der Waals surface area contributed by atoms with Gasteiger partial charge in [-0.3, -0.25) is 0 Å². The van der Waals surface area contributed by atoms with Crippen molar-refractivity contribution in [3.63, 3.8) is 0 Å². The Morgan fingerprint density at radius 2 is 2.07 bits per heavy atom. The Bertz CT molecular complexity index is 456. The number of pyridine rings is 1. The van der Waals surface area contributed by atoms with Crippen LogP contribution in [-0.4, -0.2) is 10.1 Å². The first-order valence-corrected chi connectivity index (χ1v) is 5.12. The molecule has 0 saturated carbocycles. The maximum Gasteiger partial charge on any atom is 0.219 e. The van der Waals surface area contributed by atoms with E-state index >= 15 is 0 Å². The summed E-state index contributed by atoms with van der Waals surface area (Å²) in [6.07, 6.45) is 1.34. The Balaban J connectivity index is 2.18. The highest BCUT2D eigenvalue weighted by atomic mass is 79.9. The average Bonchev–Trinajstić information content (AvgIpc) is 2.22. The third-order valence-corrected chi connectivity index (χ3v) is 2.23. The summed E-state index contributed by atoms with van der Waals surface area (Å²) in [4.78, 5) is 3.92. The maximum atomic E-state index is 9.04. The minimum Gasteiger partial charge on any atom is -0.506 e. The molecular weight excluding hydrogens is 258 g/mol. The molecule has 0 aliphatic heterocycles. The van der Waals surface area contributed by atoms with Crippen LogP contribution in [0.3, 0.4) is 0 Å². The molecule has 1 aromatic heterocycles. The van der Waals surface area contributed by atoms with Crippen molar-refractivity contribution in [2.45, 2.75) is 0 Å². The molecule has 0 unspecified atom stereocenters. The van der Waals surface area contributed by atoms with Gasteiger partial charge in [-0.25, -0.2) is 4.98 Å². The predicted octanol–water partition coefficient (Wildman–Crippen LogP) is 3.34. The molecule has 4 heteroatoms. The van der Waals surface area contributed by atoms with Crippen molar-refractivity contribution in [3.05, 3.63) is 47.1 Å². The fourth-order valence-electron chi connectivity index (χ4n) is 1.08. The number of aromatic nitrogens is 1. The molecule has 0 aliphatic carbocycles. The molecule has 1 aromatic carbocycles. The molecule has 2 rings (SSSR count). The number of halogens is 1. The molecule has 2 aromatic rings. The second kappa shape index (κ2) is 4.31. The second-order valence-electron chi connectivity index (χ2n) is 2.91. The zero-order valence-electron chi connectivity index (χ0n) is 7.72. The van der Waals surface area contributed by atoms with Crippen LogP contribution in [-0.2, 0) is 0 Å². The monoisotopic (exact) mass is 265 g/mol. The van der Waals surface area contributed by atoms with E-state index in [-0.39, 0.29) is 5.75 Å². The summed E-state index contributed by atoms with van der Waals surface area (Å²) < 4.78 is 6.41. The van der Waals surface area contributed by atoms with E-state index in [4.69, 9.17) is 9.84 Å². The van der Waals surface area contributed by atoms with Gasteiger partial charge in [0.25, 0.3) is 0 Å². The van der Waals surface area contributed by atoms with E-state index in [2.05, 4.69) is 20.9 Å². The van der Waals surface area contributed by atoms with Crippen LogP contribution in [0.2, 0.25) is 0 Å². The molecule has 0 radical (unpaired) electrons. The highest BCUT2D eigenvalue weighted by Gasteiger charge is 1.98. The summed E-state index contributed by atoms with van der Waals surface area (Å²) in [5.74, 6) is 1.27. The Labute approximate surface area is 95.5 Å². The van der Waals surface area contributed by atoms with E-state index in [9.17, 15) is 0 Å². The summed E-state index contributed by atoms with van der Waals surface area (Å²) in [5, 5.41) is 9.04. The van der Waals surface area contributed by atoms with Crippen molar-refractivity contribution in [2.24, 2.45) is 0 Å². The van der Waals surface area contributed by atoms with Crippen molar-refractivity contribution < 1.29 is 9.84 Å². The fraction of sp³-hybridized carbons (Fsp3) is 0. The largest absolute Gasteiger partial charge is 0.506 e. The van der Waals surface area contributed by atoms with Gasteiger partial charge in [0, 0.05) is 10.5 Å². The number of nitrogens with zero attached hydrogens (tertiary/aromatic N) is 1. The first kappa shape index (κ1) is 9.98. The summed E-state index contributed by atoms with van der Waals surface area (Å²) in [6, 6.07) is 10.6. The second-order valence-corrected chi connectivity index (χ2v) is 3.83. The molecule has 0 spiro atoms. The van der Waals surface area contributed by atoms with Crippen molar-refractivity contribution in [1.82, 2.24) is 4.98 Å². The van der Waals surface area contributed by atoms with Crippen LogP contribution in [0.1, 0.15) is 0 Å². The Morgan fingerprint density at radius 1 is 1.20 bits per heavy atom. The first-order chi connectivity index (χ1) is 7.24. The number of hydrogen-bond acceptors (Lipinski definition) is 3. The van der Waals surface area contributed by atoms with Gasteiger partial charge in [0.15, 0.2) is 0 Å². The van der Waals surface area contributed by atoms with E-state index in [0.29, 0.717) is 11.6 Å². The molecule has 3 nitrogen and oxygen atoms in total. The van der Waals surface area contributed by atoms with E-state index in [0.717, 1.165) is 4.47 Å². The lowest BCUT2D eigenvalue weighted by atomic mass is 10.3. The Hall–Kier alpha value is -1.55. The molecule has 0 saturated heterocycles. The zero-order valence-corrected chi connectivity index (χ0v) is 9.31. The van der Waals surface area contributed by atoms with Crippen LogP contribution in [0.25, 0.3) is 0 Å². The lowest BCUT2D eigenvalue weighted by Crippen LogP contribution is -1.86. The molecular formula is C11H8BrNO2. The fourth-order valence-corrected chi connectivity index (χ4v) is 1.46. The predicted molar refractivity (Wildman–Crippen MR) is 60.1 cm³/mol. The molecule has 0 amide bonds. The van der Waals surface area contributed by atoms with E-state index in [1.165, 1.54) is 12.3 Å². The van der Waals surface area contributed by atoms with Crippen LogP contribution in [0.5, 0.6) is 17.4 Å². The van der Waals surface area contributed by atoms with Crippen LogP contribution >= 0.6 is 15.9 Å². The lowest BCUT2D eigenvalue weighted by molar-refractivity contribution is 0.447. The Morgan fingerprint density at radius 3 is 2.73 bits per heavy atom. The highest BCUT2D eigenvalue weighted by Crippen LogP contribution is 2.23. The topological polar surface area (TPSA) is 42.4 Å². The highest BCUT2D eigenvalue weighted by molar-refractivity contribution is 9.10. The van der Waals surface area contributed by atoms with E-state index in [1.807, 2.05) is 24.3 Å². The number of hydrogen-bond donors (Lipinski definition) is 1. The number of ether oxygens (including phenoxy) is 1. The minimum atomic E-state index is 0.122. The first-order valence-electron chi connectivity index (χ1n) is 4.32. The lowest BCUT2D eigenvalue weighted by Gasteiger charge is -2.04. The molecule has 0 atom stereocenters.